The van der Waals surface area contributed by atoms with Crippen molar-refractivity contribution in [1.29, 1.82) is 0 Å². The second-order valence-corrected chi connectivity index (χ2v) is 7.17. The zero-order valence-electron chi connectivity index (χ0n) is 14.6. The number of benzene rings is 1. The van der Waals surface area contributed by atoms with E-state index in [-0.39, 0.29) is 0 Å². The highest BCUT2D eigenvalue weighted by Gasteiger charge is 2.11. The molecule has 1 N–H and O–H groups in total. The van der Waals surface area contributed by atoms with Gasteiger partial charge in [0.15, 0.2) is 11.5 Å². The monoisotopic (exact) mass is 435 g/mol. The Balaban J connectivity index is 1.65. The van der Waals surface area contributed by atoms with Crippen molar-refractivity contribution in [2.45, 2.75) is 17.8 Å². The third-order valence-electron chi connectivity index (χ3n) is 3.56. The smallest absolute Gasteiger partial charge is 0.209 e. The predicted octanol–water partition coefficient (Wildman–Crippen LogP) is 4.95. The Morgan fingerprint density at radius 3 is 2.65 bits per heavy atom. The number of ether oxygens (including phenoxy) is 2. The molecule has 1 aromatic carbocycles. The van der Waals surface area contributed by atoms with Crippen molar-refractivity contribution in [1.82, 2.24) is 15.2 Å². The molecule has 0 unspecified atom stereocenters. The molecular weight excluding hydrogens is 418 g/mol. The van der Waals surface area contributed by atoms with Crippen LogP contribution < -0.4 is 9.47 Å². The van der Waals surface area contributed by atoms with Crippen molar-refractivity contribution < 1.29 is 13.9 Å². The summed E-state index contributed by atoms with van der Waals surface area (Å²) in [5, 5.41) is 7.80. The van der Waals surface area contributed by atoms with E-state index in [1.165, 1.54) is 11.8 Å². The van der Waals surface area contributed by atoms with E-state index in [1.807, 2.05) is 43.3 Å². The Morgan fingerprint density at radius 1 is 1.19 bits per heavy atom. The molecule has 0 spiro atoms. The molecule has 6 nitrogen and oxygen atoms in total. The summed E-state index contributed by atoms with van der Waals surface area (Å²) in [5.74, 6) is 4.40. The molecule has 2 heterocycles. The average molecular weight is 436 g/mol. The molecule has 0 bridgehead atoms. The Morgan fingerprint density at radius 2 is 1.96 bits per heavy atom. The molecule has 8 heteroatoms. The van der Waals surface area contributed by atoms with Gasteiger partial charge in [-0.25, -0.2) is 4.98 Å². The highest BCUT2D eigenvalue weighted by Crippen LogP contribution is 2.35. The van der Waals surface area contributed by atoms with E-state index in [0.717, 1.165) is 21.6 Å². The number of H-pyrrole nitrogens is 1. The van der Waals surface area contributed by atoms with Crippen molar-refractivity contribution >= 4 is 39.8 Å². The Labute approximate surface area is 164 Å². The largest absolute Gasteiger partial charge is 0.493 e. The second kappa shape index (κ2) is 8.46. The van der Waals surface area contributed by atoms with E-state index in [0.29, 0.717) is 28.2 Å². The van der Waals surface area contributed by atoms with Gasteiger partial charge < -0.3 is 13.9 Å². The molecule has 0 aliphatic rings. The van der Waals surface area contributed by atoms with Crippen LogP contribution in [0.3, 0.4) is 0 Å². The van der Waals surface area contributed by atoms with Gasteiger partial charge in [0, 0.05) is 10.2 Å². The number of nitrogens with one attached hydrogen (secondary N) is 1. The highest BCUT2D eigenvalue weighted by atomic mass is 79.9. The van der Waals surface area contributed by atoms with Crippen LogP contribution in [0.1, 0.15) is 22.9 Å². The van der Waals surface area contributed by atoms with Crippen molar-refractivity contribution in [3.8, 4) is 11.5 Å². The number of aryl methyl sites for hydroxylation is 1. The van der Waals surface area contributed by atoms with Crippen LogP contribution in [-0.4, -0.2) is 29.4 Å². The molecule has 2 aromatic heterocycles. The molecule has 0 radical (unpaired) electrons. The van der Waals surface area contributed by atoms with Crippen LogP contribution in [0.25, 0.3) is 12.2 Å². The molecular formula is C18H18BrN3O3S. The summed E-state index contributed by atoms with van der Waals surface area (Å²) in [4.78, 5) is 4.45. The third-order valence-corrected chi connectivity index (χ3v) is 5.19. The molecule has 0 saturated heterocycles. The van der Waals surface area contributed by atoms with Gasteiger partial charge in [-0.3, -0.25) is 5.10 Å². The summed E-state index contributed by atoms with van der Waals surface area (Å²) in [5.41, 5.74) is 1.07. The summed E-state index contributed by atoms with van der Waals surface area (Å²) < 4.78 is 17.1. The summed E-state index contributed by atoms with van der Waals surface area (Å²) in [6.45, 7) is 1.91. The van der Waals surface area contributed by atoms with E-state index < -0.39 is 0 Å². The topological polar surface area (TPSA) is 73.2 Å². The number of aromatic nitrogens is 3. The van der Waals surface area contributed by atoms with Crippen LogP contribution in [0.2, 0.25) is 0 Å². The van der Waals surface area contributed by atoms with E-state index in [1.54, 1.807) is 14.2 Å². The molecule has 3 aromatic rings. The van der Waals surface area contributed by atoms with Crippen LogP contribution in [0, 0.1) is 6.92 Å². The second-order valence-electron chi connectivity index (χ2n) is 5.37. The molecule has 0 saturated carbocycles. The van der Waals surface area contributed by atoms with Gasteiger partial charge in [-0.1, -0.05) is 27.7 Å². The van der Waals surface area contributed by atoms with Crippen molar-refractivity contribution in [3.05, 3.63) is 51.6 Å². The van der Waals surface area contributed by atoms with E-state index >= 15 is 0 Å². The van der Waals surface area contributed by atoms with Gasteiger partial charge in [0.05, 0.1) is 14.2 Å². The minimum atomic E-state index is 0.668. The number of rotatable bonds is 7. The number of aromatic amines is 1. The van der Waals surface area contributed by atoms with Crippen molar-refractivity contribution in [2.24, 2.45) is 0 Å². The number of furan rings is 1. The molecule has 0 aliphatic carbocycles. The normalized spacial score (nSPS) is 11.2. The molecule has 26 heavy (non-hydrogen) atoms. The Bertz CT molecular complexity index is 920. The minimum Gasteiger partial charge on any atom is -0.493 e. The first-order valence-corrected chi connectivity index (χ1v) is 9.57. The fourth-order valence-electron chi connectivity index (χ4n) is 2.25. The average Bonchev–Trinajstić information content (AvgIpc) is 3.27. The van der Waals surface area contributed by atoms with Crippen LogP contribution in [0.15, 0.2) is 38.3 Å². The molecule has 0 atom stereocenters. The van der Waals surface area contributed by atoms with Crippen molar-refractivity contribution in [2.75, 3.05) is 14.2 Å². The van der Waals surface area contributed by atoms with Gasteiger partial charge in [0.1, 0.15) is 17.3 Å². The van der Waals surface area contributed by atoms with Crippen molar-refractivity contribution in [3.63, 3.8) is 0 Å². The van der Waals surface area contributed by atoms with Gasteiger partial charge in [-0.05, 0) is 48.9 Å². The van der Waals surface area contributed by atoms with Crippen LogP contribution in [-0.2, 0) is 5.75 Å². The fourth-order valence-corrected chi connectivity index (χ4v) is 3.70. The lowest BCUT2D eigenvalue weighted by molar-refractivity contribution is 0.354. The third kappa shape index (κ3) is 4.50. The quantitative estimate of drug-likeness (QED) is 0.529. The zero-order valence-corrected chi connectivity index (χ0v) is 17.0. The van der Waals surface area contributed by atoms with Crippen LogP contribution >= 0.6 is 27.7 Å². The van der Waals surface area contributed by atoms with Crippen LogP contribution in [0.5, 0.6) is 11.5 Å². The van der Waals surface area contributed by atoms with E-state index in [4.69, 9.17) is 13.9 Å². The summed E-state index contributed by atoms with van der Waals surface area (Å²) in [6.07, 6.45) is 3.69. The molecule has 0 aliphatic heterocycles. The summed E-state index contributed by atoms with van der Waals surface area (Å²) in [7, 11) is 3.24. The number of hydrogen-bond donors (Lipinski definition) is 1. The maximum atomic E-state index is 5.49. The lowest BCUT2D eigenvalue weighted by atomic mass is 10.2. The fraction of sp³-hybridized carbons (Fsp3) is 0.222. The number of thioether (sulfide) groups is 1. The standard InChI is InChI=1S/C18H18BrN3O3S/c1-11-4-5-13(25-11)6-7-17-20-18(22-21-17)26-10-12-8-15(23-2)16(24-3)9-14(12)19/h4-9H,10H2,1-3H3,(H,20,21,22)/b7-6+. The first-order valence-electron chi connectivity index (χ1n) is 7.79. The van der Waals surface area contributed by atoms with Gasteiger partial charge in [0.25, 0.3) is 0 Å². The number of hydrogen-bond acceptors (Lipinski definition) is 6. The van der Waals surface area contributed by atoms with Gasteiger partial charge >= 0.3 is 0 Å². The van der Waals surface area contributed by atoms with Gasteiger partial charge in [-0.2, -0.15) is 0 Å². The Hall–Kier alpha value is -2.19. The van der Waals surface area contributed by atoms with Gasteiger partial charge in [-0.15, -0.1) is 5.10 Å². The lowest BCUT2D eigenvalue weighted by Crippen LogP contribution is -1.93. The number of methoxy groups -OCH3 is 2. The molecule has 0 fully saturated rings. The lowest BCUT2D eigenvalue weighted by Gasteiger charge is -2.11. The minimum absolute atomic E-state index is 0.668. The Kier molecular flexibility index (Phi) is 6.05. The number of halogens is 1. The molecule has 136 valence electrons. The maximum absolute atomic E-state index is 5.49. The zero-order chi connectivity index (χ0) is 18.5. The molecule has 0 amide bonds. The first-order chi connectivity index (χ1) is 12.6. The summed E-state index contributed by atoms with van der Waals surface area (Å²) >= 11 is 5.09. The summed E-state index contributed by atoms with van der Waals surface area (Å²) in [6, 6.07) is 7.67. The highest BCUT2D eigenvalue weighted by molar-refractivity contribution is 9.10. The predicted molar refractivity (Wildman–Crippen MR) is 106 cm³/mol. The number of nitrogens with zero attached hydrogens (tertiary/aromatic N) is 2. The van der Waals surface area contributed by atoms with Gasteiger partial charge in [0.2, 0.25) is 5.16 Å². The SMILES string of the molecule is COc1cc(Br)c(CSc2n[nH]c(/C=C/c3ccc(C)o3)n2)cc1OC. The first kappa shape index (κ1) is 18.6. The van der Waals surface area contributed by atoms with Crippen LogP contribution in [0.4, 0.5) is 0 Å². The van der Waals surface area contributed by atoms with E-state index in [2.05, 4.69) is 31.1 Å². The maximum Gasteiger partial charge on any atom is 0.209 e. The van der Waals surface area contributed by atoms with E-state index in [9.17, 15) is 0 Å². The molecule has 3 rings (SSSR count).